The zero-order valence-corrected chi connectivity index (χ0v) is 13.1. The van der Waals surface area contributed by atoms with E-state index in [1.807, 2.05) is 6.92 Å². The molecule has 1 amide bonds. The zero-order valence-electron chi connectivity index (χ0n) is 13.1. The fourth-order valence-corrected chi connectivity index (χ4v) is 3.26. The Hall–Kier alpha value is -1.86. The molecule has 4 nitrogen and oxygen atoms in total. The summed E-state index contributed by atoms with van der Waals surface area (Å²) in [6.45, 7) is 1.91. The van der Waals surface area contributed by atoms with E-state index in [2.05, 4.69) is 11.4 Å². The van der Waals surface area contributed by atoms with Gasteiger partial charge in [0.1, 0.15) is 0 Å². The Kier molecular flexibility index (Phi) is 5.57. The van der Waals surface area contributed by atoms with Crippen LogP contribution in [0.3, 0.4) is 0 Å². The second kappa shape index (κ2) is 7.42. The highest BCUT2D eigenvalue weighted by atomic mass is 16.3. The van der Waals surface area contributed by atoms with Crippen LogP contribution >= 0.6 is 0 Å². The van der Waals surface area contributed by atoms with Crippen LogP contribution in [0.25, 0.3) is 0 Å². The summed E-state index contributed by atoms with van der Waals surface area (Å²) in [6, 6.07) is 9.10. The summed E-state index contributed by atoms with van der Waals surface area (Å²) in [5, 5.41) is 21.6. The third-order valence-corrected chi connectivity index (χ3v) is 4.71. The third-order valence-electron chi connectivity index (χ3n) is 4.71. The molecule has 1 aliphatic rings. The largest absolute Gasteiger partial charge is 0.394 e. The molecule has 0 heterocycles. The highest BCUT2D eigenvalue weighted by Crippen LogP contribution is 2.32. The zero-order chi connectivity index (χ0) is 16.0. The number of nitrogens with zero attached hydrogens (tertiary/aromatic N) is 1. The average Bonchev–Trinajstić information content (AvgIpc) is 2.56. The van der Waals surface area contributed by atoms with Crippen molar-refractivity contribution in [1.82, 2.24) is 5.32 Å². The quantitative estimate of drug-likeness (QED) is 0.877. The molecule has 1 atom stereocenters. The Bertz CT molecular complexity index is 541. The maximum atomic E-state index is 12.3. The lowest BCUT2D eigenvalue weighted by Crippen LogP contribution is -2.55. The van der Waals surface area contributed by atoms with Gasteiger partial charge in [-0.2, -0.15) is 5.26 Å². The number of nitrogens with one attached hydrogen (secondary N) is 1. The Balaban J connectivity index is 1.97. The highest BCUT2D eigenvalue weighted by molar-refractivity contribution is 5.79. The molecule has 1 unspecified atom stereocenters. The minimum absolute atomic E-state index is 0.0310. The van der Waals surface area contributed by atoms with Crippen LogP contribution in [0.1, 0.15) is 50.2 Å². The topological polar surface area (TPSA) is 73.1 Å². The van der Waals surface area contributed by atoms with E-state index in [9.17, 15) is 9.90 Å². The molecular formula is C18H24N2O2. The first-order valence-electron chi connectivity index (χ1n) is 7.98. The van der Waals surface area contributed by atoms with Gasteiger partial charge in [0.2, 0.25) is 5.91 Å². The molecule has 0 spiro atoms. The van der Waals surface area contributed by atoms with Gasteiger partial charge in [0.15, 0.2) is 0 Å². The van der Waals surface area contributed by atoms with E-state index in [-0.39, 0.29) is 18.9 Å². The Labute approximate surface area is 132 Å². The van der Waals surface area contributed by atoms with Crippen LogP contribution in [0.4, 0.5) is 0 Å². The van der Waals surface area contributed by atoms with Crippen LogP contribution in [0, 0.1) is 17.2 Å². The highest BCUT2D eigenvalue weighted by Gasteiger charge is 2.35. The molecule has 1 aromatic rings. The van der Waals surface area contributed by atoms with Crippen LogP contribution in [-0.4, -0.2) is 23.2 Å². The van der Waals surface area contributed by atoms with Gasteiger partial charge in [0.05, 0.1) is 30.2 Å². The van der Waals surface area contributed by atoms with E-state index in [1.165, 1.54) is 19.3 Å². The van der Waals surface area contributed by atoms with Gasteiger partial charge in [0.25, 0.3) is 0 Å². The molecule has 0 aliphatic heterocycles. The molecule has 4 heteroatoms. The molecule has 1 aliphatic carbocycles. The predicted octanol–water partition coefficient (Wildman–Crippen LogP) is 2.55. The average molecular weight is 300 g/mol. The molecular weight excluding hydrogens is 276 g/mol. The maximum Gasteiger partial charge on any atom is 0.224 e. The van der Waals surface area contributed by atoms with Crippen molar-refractivity contribution in [3.63, 3.8) is 0 Å². The van der Waals surface area contributed by atoms with Crippen molar-refractivity contribution in [2.75, 3.05) is 6.61 Å². The van der Waals surface area contributed by atoms with Crippen LogP contribution in [-0.2, 0) is 11.2 Å². The standard InChI is InChI=1S/C18H24N2O2/c1-18(13-21,16-5-3-2-4-6-16)20-17(22)11-14-7-9-15(12-19)10-8-14/h7-10,16,21H,2-6,11,13H2,1H3,(H,20,22). The molecule has 1 saturated carbocycles. The number of hydrogen-bond acceptors (Lipinski definition) is 3. The number of hydrogen-bond donors (Lipinski definition) is 2. The number of nitriles is 1. The number of carbonyl (C=O) groups excluding carboxylic acids is 1. The van der Waals surface area contributed by atoms with Gasteiger partial charge in [0, 0.05) is 0 Å². The summed E-state index contributed by atoms with van der Waals surface area (Å²) in [4.78, 5) is 12.3. The monoisotopic (exact) mass is 300 g/mol. The summed E-state index contributed by atoms with van der Waals surface area (Å²) in [5.41, 5.74) is 0.927. The molecule has 2 N–H and O–H groups in total. The van der Waals surface area contributed by atoms with Crippen LogP contribution in [0.15, 0.2) is 24.3 Å². The van der Waals surface area contributed by atoms with Gasteiger partial charge >= 0.3 is 0 Å². The summed E-state index contributed by atoms with van der Waals surface area (Å²) in [5.74, 6) is 0.267. The van der Waals surface area contributed by atoms with E-state index in [0.29, 0.717) is 11.5 Å². The first-order valence-corrected chi connectivity index (χ1v) is 7.98. The minimum atomic E-state index is -0.538. The van der Waals surface area contributed by atoms with E-state index in [4.69, 9.17) is 5.26 Å². The number of carbonyl (C=O) groups is 1. The number of aliphatic hydroxyl groups excluding tert-OH is 1. The van der Waals surface area contributed by atoms with E-state index >= 15 is 0 Å². The third kappa shape index (κ3) is 4.08. The molecule has 1 aromatic carbocycles. The molecule has 1 fully saturated rings. The van der Waals surface area contributed by atoms with Crippen molar-refractivity contribution in [2.45, 2.75) is 51.0 Å². The fraction of sp³-hybridized carbons (Fsp3) is 0.556. The number of rotatable bonds is 5. The Morgan fingerprint density at radius 1 is 1.32 bits per heavy atom. The Morgan fingerprint density at radius 3 is 2.50 bits per heavy atom. The maximum absolute atomic E-state index is 12.3. The van der Waals surface area contributed by atoms with E-state index < -0.39 is 5.54 Å². The van der Waals surface area contributed by atoms with Crippen LogP contribution in [0.2, 0.25) is 0 Å². The predicted molar refractivity (Wildman–Crippen MR) is 85.1 cm³/mol. The van der Waals surface area contributed by atoms with Crippen LogP contribution in [0.5, 0.6) is 0 Å². The summed E-state index contributed by atoms with van der Waals surface area (Å²) in [6.07, 6.45) is 5.99. The molecule has 2 rings (SSSR count). The second-order valence-electron chi connectivity index (χ2n) is 6.44. The summed E-state index contributed by atoms with van der Waals surface area (Å²) < 4.78 is 0. The van der Waals surface area contributed by atoms with Crippen LogP contribution < -0.4 is 5.32 Å². The van der Waals surface area contributed by atoms with Crippen molar-refractivity contribution in [1.29, 1.82) is 5.26 Å². The van der Waals surface area contributed by atoms with Gasteiger partial charge < -0.3 is 10.4 Å². The SMILES string of the molecule is CC(CO)(NC(=O)Cc1ccc(C#N)cc1)C1CCCCC1. The van der Waals surface area contributed by atoms with Gasteiger partial charge in [-0.1, -0.05) is 31.4 Å². The second-order valence-corrected chi connectivity index (χ2v) is 6.44. The minimum Gasteiger partial charge on any atom is -0.394 e. The summed E-state index contributed by atoms with van der Waals surface area (Å²) in [7, 11) is 0. The number of aliphatic hydroxyl groups is 1. The lowest BCUT2D eigenvalue weighted by Gasteiger charge is -2.39. The molecule has 0 bridgehead atoms. The lowest BCUT2D eigenvalue weighted by molar-refractivity contribution is -0.123. The number of amides is 1. The van der Waals surface area contributed by atoms with Gasteiger partial charge in [-0.3, -0.25) is 4.79 Å². The Morgan fingerprint density at radius 2 is 1.95 bits per heavy atom. The van der Waals surface area contributed by atoms with E-state index in [1.54, 1.807) is 24.3 Å². The molecule has 22 heavy (non-hydrogen) atoms. The smallest absolute Gasteiger partial charge is 0.224 e. The van der Waals surface area contributed by atoms with Gasteiger partial charge in [-0.25, -0.2) is 0 Å². The van der Waals surface area contributed by atoms with Gasteiger partial charge in [-0.15, -0.1) is 0 Å². The van der Waals surface area contributed by atoms with Crippen molar-refractivity contribution < 1.29 is 9.90 Å². The molecule has 118 valence electrons. The van der Waals surface area contributed by atoms with Crippen molar-refractivity contribution in [3.8, 4) is 6.07 Å². The fourth-order valence-electron chi connectivity index (χ4n) is 3.26. The molecule has 0 radical (unpaired) electrons. The van der Waals surface area contributed by atoms with Crippen molar-refractivity contribution in [2.24, 2.45) is 5.92 Å². The molecule has 0 saturated heterocycles. The van der Waals surface area contributed by atoms with Crippen molar-refractivity contribution >= 4 is 5.91 Å². The van der Waals surface area contributed by atoms with Crippen molar-refractivity contribution in [3.05, 3.63) is 35.4 Å². The first-order chi connectivity index (χ1) is 10.6. The summed E-state index contributed by atoms with van der Waals surface area (Å²) >= 11 is 0. The van der Waals surface area contributed by atoms with E-state index in [0.717, 1.165) is 18.4 Å². The lowest BCUT2D eigenvalue weighted by atomic mass is 9.76. The molecule has 0 aromatic heterocycles. The van der Waals surface area contributed by atoms with Gasteiger partial charge in [-0.05, 0) is 43.4 Å². The first kappa shape index (κ1) is 16.5. The number of benzene rings is 1. The normalized spacial score (nSPS) is 18.2.